The number of anilines is 1. The van der Waals surface area contributed by atoms with E-state index in [-0.39, 0.29) is 0 Å². The first-order chi connectivity index (χ1) is 7.56. The Morgan fingerprint density at radius 1 is 1.12 bits per heavy atom. The Hall–Kier alpha value is -1.02. The molecule has 1 aromatic carbocycles. The van der Waals surface area contributed by atoms with Gasteiger partial charge in [-0.1, -0.05) is 19.1 Å². The molecule has 0 spiro atoms. The zero-order valence-electron chi connectivity index (χ0n) is 11.2. The first-order valence-corrected chi connectivity index (χ1v) is 6.00. The van der Waals surface area contributed by atoms with Crippen LogP contribution in [0.5, 0.6) is 0 Å². The lowest BCUT2D eigenvalue weighted by atomic mass is 10.1. The van der Waals surface area contributed by atoms with Crippen molar-refractivity contribution >= 4 is 5.69 Å². The van der Waals surface area contributed by atoms with Crippen LogP contribution in [-0.2, 0) is 6.54 Å². The Bertz CT molecular complexity index is 332. The molecule has 0 saturated carbocycles. The molecule has 0 N–H and O–H groups in total. The Kier molecular flexibility index (Phi) is 4.81. The summed E-state index contributed by atoms with van der Waals surface area (Å²) in [7, 11) is 6.40. The smallest absolute Gasteiger partial charge is 0.0396 e. The largest absolute Gasteiger partial charge is 0.374 e. The lowest BCUT2D eigenvalue weighted by Gasteiger charge is -2.23. The molecule has 0 heterocycles. The first kappa shape index (κ1) is 13.0. The van der Waals surface area contributed by atoms with Crippen LogP contribution in [-0.4, -0.2) is 32.6 Å². The fourth-order valence-electron chi connectivity index (χ4n) is 2.05. The quantitative estimate of drug-likeness (QED) is 0.753. The zero-order chi connectivity index (χ0) is 12.1. The van der Waals surface area contributed by atoms with E-state index in [4.69, 9.17) is 0 Å². The number of hydrogen-bond acceptors (Lipinski definition) is 2. The van der Waals surface area contributed by atoms with Crippen LogP contribution in [0, 0.1) is 6.92 Å². The number of benzene rings is 1. The van der Waals surface area contributed by atoms with Gasteiger partial charge in [0, 0.05) is 25.8 Å². The number of hydrogen-bond donors (Lipinski definition) is 0. The van der Waals surface area contributed by atoms with Gasteiger partial charge in [0.1, 0.15) is 0 Å². The van der Waals surface area contributed by atoms with Gasteiger partial charge in [0.25, 0.3) is 0 Å². The van der Waals surface area contributed by atoms with Gasteiger partial charge in [0.05, 0.1) is 0 Å². The maximum atomic E-state index is 2.34. The van der Waals surface area contributed by atoms with E-state index < -0.39 is 0 Å². The summed E-state index contributed by atoms with van der Waals surface area (Å²) in [6.45, 7) is 6.57. The molecular weight excluding hydrogens is 196 g/mol. The SMILES string of the molecule is CCCN(C)c1cccc(CN(C)C)c1C. The summed E-state index contributed by atoms with van der Waals surface area (Å²) < 4.78 is 0. The van der Waals surface area contributed by atoms with Crippen LogP contribution in [0.25, 0.3) is 0 Å². The third kappa shape index (κ3) is 3.24. The second-order valence-corrected chi connectivity index (χ2v) is 4.72. The van der Waals surface area contributed by atoms with Crippen LogP contribution in [0.15, 0.2) is 18.2 Å². The molecule has 16 heavy (non-hydrogen) atoms. The minimum atomic E-state index is 1.01. The molecule has 0 aromatic heterocycles. The van der Waals surface area contributed by atoms with Crippen LogP contribution in [0.4, 0.5) is 5.69 Å². The molecular formula is C14H24N2. The molecule has 2 nitrogen and oxygen atoms in total. The summed E-state index contributed by atoms with van der Waals surface area (Å²) in [5.74, 6) is 0. The molecule has 0 aliphatic heterocycles. The van der Waals surface area contributed by atoms with Gasteiger partial charge in [-0.15, -0.1) is 0 Å². The van der Waals surface area contributed by atoms with Gasteiger partial charge in [-0.25, -0.2) is 0 Å². The maximum Gasteiger partial charge on any atom is 0.0396 e. The van der Waals surface area contributed by atoms with Gasteiger partial charge < -0.3 is 9.80 Å². The fraction of sp³-hybridized carbons (Fsp3) is 0.571. The first-order valence-electron chi connectivity index (χ1n) is 6.00. The molecule has 0 bridgehead atoms. The molecule has 0 aliphatic rings. The van der Waals surface area contributed by atoms with E-state index in [0.29, 0.717) is 0 Å². The van der Waals surface area contributed by atoms with Crippen LogP contribution in [0.1, 0.15) is 24.5 Å². The highest BCUT2D eigenvalue weighted by atomic mass is 15.1. The van der Waals surface area contributed by atoms with Crippen molar-refractivity contribution in [3.05, 3.63) is 29.3 Å². The van der Waals surface area contributed by atoms with Crippen LogP contribution in [0.3, 0.4) is 0 Å². The molecule has 2 heteroatoms. The van der Waals surface area contributed by atoms with E-state index in [2.05, 4.69) is 63.0 Å². The topological polar surface area (TPSA) is 6.48 Å². The van der Waals surface area contributed by atoms with Crippen molar-refractivity contribution in [3.8, 4) is 0 Å². The van der Waals surface area contributed by atoms with Gasteiger partial charge >= 0.3 is 0 Å². The highest BCUT2D eigenvalue weighted by molar-refractivity contribution is 5.55. The standard InChI is InChI=1S/C14H24N2/c1-6-10-16(5)14-9-7-8-13(12(14)2)11-15(3)4/h7-9H,6,10-11H2,1-5H3. The molecule has 0 fully saturated rings. The minimum absolute atomic E-state index is 1.01. The van der Waals surface area contributed by atoms with Crippen LogP contribution >= 0.6 is 0 Å². The predicted molar refractivity (Wildman–Crippen MR) is 72.1 cm³/mol. The van der Waals surface area contributed by atoms with Gasteiger partial charge in [-0.05, 0) is 44.6 Å². The van der Waals surface area contributed by atoms with E-state index in [1.807, 2.05) is 0 Å². The minimum Gasteiger partial charge on any atom is -0.374 e. The summed E-state index contributed by atoms with van der Waals surface area (Å²) in [5.41, 5.74) is 4.19. The maximum absolute atomic E-state index is 2.34. The summed E-state index contributed by atoms with van der Waals surface area (Å²) in [6.07, 6.45) is 1.19. The van der Waals surface area contributed by atoms with Gasteiger partial charge in [0.15, 0.2) is 0 Å². The van der Waals surface area contributed by atoms with Gasteiger partial charge in [-0.3, -0.25) is 0 Å². The lowest BCUT2D eigenvalue weighted by Crippen LogP contribution is -2.20. The van der Waals surface area contributed by atoms with E-state index in [9.17, 15) is 0 Å². The van der Waals surface area contributed by atoms with E-state index in [1.54, 1.807) is 0 Å². The second-order valence-electron chi connectivity index (χ2n) is 4.72. The van der Waals surface area contributed by atoms with Crippen molar-refractivity contribution in [2.45, 2.75) is 26.8 Å². The highest BCUT2D eigenvalue weighted by Crippen LogP contribution is 2.23. The van der Waals surface area contributed by atoms with E-state index in [0.717, 1.165) is 13.1 Å². The molecule has 0 amide bonds. The second kappa shape index (κ2) is 5.90. The number of rotatable bonds is 5. The monoisotopic (exact) mass is 220 g/mol. The Labute approximate surface area is 99.9 Å². The molecule has 0 saturated heterocycles. The average molecular weight is 220 g/mol. The van der Waals surface area contributed by atoms with Crippen molar-refractivity contribution in [2.24, 2.45) is 0 Å². The molecule has 1 aromatic rings. The van der Waals surface area contributed by atoms with Crippen molar-refractivity contribution in [1.82, 2.24) is 4.90 Å². The fourth-order valence-corrected chi connectivity index (χ4v) is 2.05. The molecule has 90 valence electrons. The lowest BCUT2D eigenvalue weighted by molar-refractivity contribution is 0.401. The average Bonchev–Trinajstić information content (AvgIpc) is 2.21. The Morgan fingerprint density at radius 2 is 1.81 bits per heavy atom. The summed E-state index contributed by atoms with van der Waals surface area (Å²) in [6, 6.07) is 6.59. The zero-order valence-corrected chi connectivity index (χ0v) is 11.2. The third-order valence-corrected chi connectivity index (χ3v) is 2.87. The highest BCUT2D eigenvalue weighted by Gasteiger charge is 2.07. The van der Waals surface area contributed by atoms with E-state index >= 15 is 0 Å². The van der Waals surface area contributed by atoms with Crippen LogP contribution in [0.2, 0.25) is 0 Å². The Morgan fingerprint density at radius 3 is 2.38 bits per heavy atom. The van der Waals surface area contributed by atoms with Crippen molar-refractivity contribution in [2.75, 3.05) is 32.6 Å². The summed E-state index contributed by atoms with van der Waals surface area (Å²) in [4.78, 5) is 4.56. The Balaban J connectivity index is 2.94. The molecule has 0 radical (unpaired) electrons. The van der Waals surface area contributed by atoms with Gasteiger partial charge in [0.2, 0.25) is 0 Å². The normalized spacial score (nSPS) is 10.9. The molecule has 0 aliphatic carbocycles. The van der Waals surface area contributed by atoms with Crippen molar-refractivity contribution < 1.29 is 0 Å². The van der Waals surface area contributed by atoms with Gasteiger partial charge in [-0.2, -0.15) is 0 Å². The third-order valence-electron chi connectivity index (χ3n) is 2.87. The predicted octanol–water partition coefficient (Wildman–Crippen LogP) is 2.90. The van der Waals surface area contributed by atoms with Crippen molar-refractivity contribution in [3.63, 3.8) is 0 Å². The number of nitrogens with zero attached hydrogens (tertiary/aromatic N) is 2. The van der Waals surface area contributed by atoms with E-state index in [1.165, 1.54) is 23.2 Å². The molecule has 0 atom stereocenters. The molecule has 1 rings (SSSR count). The van der Waals surface area contributed by atoms with Crippen LogP contribution < -0.4 is 4.90 Å². The summed E-state index contributed by atoms with van der Waals surface area (Å²) >= 11 is 0. The molecule has 0 unspecified atom stereocenters. The summed E-state index contributed by atoms with van der Waals surface area (Å²) in [5, 5.41) is 0. The van der Waals surface area contributed by atoms with Crippen molar-refractivity contribution in [1.29, 1.82) is 0 Å².